The highest BCUT2D eigenvalue weighted by Gasteiger charge is 2.25. The van der Waals surface area contributed by atoms with Gasteiger partial charge in [0.25, 0.3) is 5.91 Å². The number of hydrogen-bond acceptors (Lipinski definition) is 5. The van der Waals surface area contributed by atoms with Crippen LogP contribution in [0.1, 0.15) is 36.6 Å². The number of primary amides is 1. The van der Waals surface area contributed by atoms with Gasteiger partial charge in [-0.3, -0.25) is 14.5 Å². The number of furan rings is 1. The van der Waals surface area contributed by atoms with Gasteiger partial charge in [0.05, 0.1) is 6.54 Å². The second-order valence-electron chi connectivity index (χ2n) is 6.58. The summed E-state index contributed by atoms with van der Waals surface area (Å²) in [7, 11) is 2.11. The highest BCUT2D eigenvalue weighted by atomic mass is 16.4. The van der Waals surface area contributed by atoms with Gasteiger partial charge in [-0.05, 0) is 25.1 Å². The Kier molecular flexibility index (Phi) is 6.39. The van der Waals surface area contributed by atoms with Crippen LogP contribution in [0.15, 0.2) is 16.5 Å². The molecule has 0 aliphatic carbocycles. The molecule has 0 spiro atoms. The molecule has 1 fully saturated rings. The molecule has 7 nitrogen and oxygen atoms in total. The molecule has 2 heterocycles. The molecule has 0 radical (unpaired) electrons. The lowest BCUT2D eigenvalue weighted by atomic mass is 9.98. The number of carbonyl (C=O) groups is 2. The number of amides is 2. The quantitative estimate of drug-likeness (QED) is 0.763. The number of nitrogens with one attached hydrogen (secondary N) is 1. The van der Waals surface area contributed by atoms with Crippen molar-refractivity contribution in [2.45, 2.75) is 32.9 Å². The number of rotatable bonds is 7. The average molecular weight is 336 g/mol. The van der Waals surface area contributed by atoms with Crippen LogP contribution in [-0.4, -0.2) is 60.9 Å². The number of hydrogen-bond donors (Lipinski definition) is 2. The molecule has 1 aliphatic rings. The van der Waals surface area contributed by atoms with Crippen molar-refractivity contribution in [3.8, 4) is 0 Å². The summed E-state index contributed by atoms with van der Waals surface area (Å²) in [5.41, 5.74) is 5.38. The largest absolute Gasteiger partial charge is 0.455 e. The van der Waals surface area contributed by atoms with E-state index in [9.17, 15) is 9.59 Å². The van der Waals surface area contributed by atoms with E-state index in [4.69, 9.17) is 10.2 Å². The van der Waals surface area contributed by atoms with Gasteiger partial charge >= 0.3 is 0 Å². The summed E-state index contributed by atoms with van der Waals surface area (Å²) in [4.78, 5) is 28.4. The molecule has 1 aliphatic heterocycles. The van der Waals surface area contributed by atoms with Crippen molar-refractivity contribution >= 4 is 11.8 Å². The summed E-state index contributed by atoms with van der Waals surface area (Å²) in [6, 6.07) is 2.78. The Morgan fingerprint density at radius 1 is 1.29 bits per heavy atom. The van der Waals surface area contributed by atoms with Gasteiger partial charge < -0.3 is 20.4 Å². The summed E-state index contributed by atoms with van der Waals surface area (Å²) in [6.45, 7) is 8.55. The van der Waals surface area contributed by atoms with E-state index < -0.39 is 17.9 Å². The number of nitrogens with zero attached hydrogens (tertiary/aromatic N) is 2. The van der Waals surface area contributed by atoms with Gasteiger partial charge in [0.2, 0.25) is 5.91 Å². The summed E-state index contributed by atoms with van der Waals surface area (Å²) < 4.78 is 5.65. The fourth-order valence-corrected chi connectivity index (χ4v) is 2.75. The fraction of sp³-hybridized carbons (Fsp3) is 0.647. The van der Waals surface area contributed by atoms with E-state index in [1.165, 1.54) is 0 Å². The van der Waals surface area contributed by atoms with E-state index in [1.807, 2.05) is 19.9 Å². The SMILES string of the molecule is CC[C@H](C)[C@H](NC(=O)c1ccc(CN2CCN(C)CC2)o1)C(N)=O. The summed E-state index contributed by atoms with van der Waals surface area (Å²) in [6.07, 6.45) is 0.751. The first-order valence-corrected chi connectivity index (χ1v) is 8.50. The predicted molar refractivity (Wildman–Crippen MR) is 91.4 cm³/mol. The third-order valence-electron chi connectivity index (χ3n) is 4.67. The first-order valence-electron chi connectivity index (χ1n) is 8.50. The minimum Gasteiger partial charge on any atom is -0.455 e. The molecule has 2 rings (SSSR count). The van der Waals surface area contributed by atoms with Crippen molar-refractivity contribution in [2.75, 3.05) is 33.2 Å². The Balaban J connectivity index is 1.94. The van der Waals surface area contributed by atoms with Crippen LogP contribution in [0.4, 0.5) is 0 Å². The zero-order chi connectivity index (χ0) is 17.7. The van der Waals surface area contributed by atoms with E-state index in [0.29, 0.717) is 6.54 Å². The lowest BCUT2D eigenvalue weighted by Crippen LogP contribution is -2.48. The van der Waals surface area contributed by atoms with Gasteiger partial charge in [-0.25, -0.2) is 0 Å². The molecule has 134 valence electrons. The smallest absolute Gasteiger partial charge is 0.287 e. The first kappa shape index (κ1) is 18.5. The van der Waals surface area contributed by atoms with Crippen LogP contribution in [0.3, 0.4) is 0 Å². The summed E-state index contributed by atoms with van der Waals surface area (Å²) in [5.74, 6) is 0.0226. The lowest BCUT2D eigenvalue weighted by Gasteiger charge is -2.31. The average Bonchev–Trinajstić information content (AvgIpc) is 3.02. The molecule has 0 unspecified atom stereocenters. The number of carbonyl (C=O) groups excluding carboxylic acids is 2. The van der Waals surface area contributed by atoms with Crippen LogP contribution < -0.4 is 11.1 Å². The van der Waals surface area contributed by atoms with Crippen molar-refractivity contribution in [1.82, 2.24) is 15.1 Å². The topological polar surface area (TPSA) is 91.8 Å². The van der Waals surface area contributed by atoms with Gasteiger partial charge in [-0.15, -0.1) is 0 Å². The van der Waals surface area contributed by atoms with Crippen LogP contribution in [0.5, 0.6) is 0 Å². The summed E-state index contributed by atoms with van der Waals surface area (Å²) in [5, 5.41) is 2.68. The molecule has 1 aromatic rings. The lowest BCUT2D eigenvalue weighted by molar-refractivity contribution is -0.120. The minimum absolute atomic E-state index is 0.0220. The minimum atomic E-state index is -0.686. The van der Waals surface area contributed by atoms with Crippen LogP contribution in [0.2, 0.25) is 0 Å². The maximum atomic E-state index is 12.3. The van der Waals surface area contributed by atoms with Gasteiger partial charge in [-0.2, -0.15) is 0 Å². The van der Waals surface area contributed by atoms with E-state index >= 15 is 0 Å². The molecular formula is C17H28N4O3. The third-order valence-corrected chi connectivity index (χ3v) is 4.67. The fourth-order valence-electron chi connectivity index (χ4n) is 2.75. The van der Waals surface area contributed by atoms with E-state index in [2.05, 4.69) is 22.2 Å². The van der Waals surface area contributed by atoms with Crippen molar-refractivity contribution in [1.29, 1.82) is 0 Å². The second-order valence-corrected chi connectivity index (χ2v) is 6.58. The molecule has 0 aromatic carbocycles. The van der Waals surface area contributed by atoms with Crippen LogP contribution in [0, 0.1) is 5.92 Å². The van der Waals surface area contributed by atoms with Crippen molar-refractivity contribution in [3.05, 3.63) is 23.7 Å². The molecular weight excluding hydrogens is 308 g/mol. The van der Waals surface area contributed by atoms with Crippen LogP contribution >= 0.6 is 0 Å². The molecule has 3 N–H and O–H groups in total. The zero-order valence-corrected chi connectivity index (χ0v) is 14.7. The van der Waals surface area contributed by atoms with E-state index in [-0.39, 0.29) is 11.7 Å². The molecule has 7 heteroatoms. The zero-order valence-electron chi connectivity index (χ0n) is 14.7. The third kappa shape index (κ3) is 4.82. The van der Waals surface area contributed by atoms with E-state index in [0.717, 1.165) is 38.4 Å². The Hall–Kier alpha value is -1.86. The van der Waals surface area contributed by atoms with Crippen molar-refractivity contribution in [3.63, 3.8) is 0 Å². The van der Waals surface area contributed by atoms with Crippen LogP contribution in [0.25, 0.3) is 0 Å². The van der Waals surface area contributed by atoms with E-state index in [1.54, 1.807) is 6.07 Å². The Bertz CT molecular complexity index is 564. The highest BCUT2D eigenvalue weighted by molar-refractivity contribution is 5.95. The number of nitrogens with two attached hydrogens (primary N) is 1. The monoisotopic (exact) mass is 336 g/mol. The molecule has 0 saturated carbocycles. The normalized spacial score (nSPS) is 19.0. The van der Waals surface area contributed by atoms with Crippen LogP contribution in [-0.2, 0) is 11.3 Å². The molecule has 1 saturated heterocycles. The maximum Gasteiger partial charge on any atom is 0.287 e. The van der Waals surface area contributed by atoms with Gasteiger partial charge in [0, 0.05) is 26.2 Å². The number of piperazine rings is 1. The van der Waals surface area contributed by atoms with Gasteiger partial charge in [0.1, 0.15) is 11.8 Å². The maximum absolute atomic E-state index is 12.3. The molecule has 0 bridgehead atoms. The number of likely N-dealkylation sites (N-methyl/N-ethyl adjacent to an activating group) is 1. The Labute approximate surface area is 143 Å². The first-order chi connectivity index (χ1) is 11.4. The summed E-state index contributed by atoms with van der Waals surface area (Å²) >= 11 is 0. The van der Waals surface area contributed by atoms with Crippen molar-refractivity contribution < 1.29 is 14.0 Å². The Morgan fingerprint density at radius 2 is 1.96 bits per heavy atom. The van der Waals surface area contributed by atoms with Gasteiger partial charge in [-0.1, -0.05) is 20.3 Å². The molecule has 24 heavy (non-hydrogen) atoms. The molecule has 1 aromatic heterocycles. The van der Waals surface area contributed by atoms with Gasteiger partial charge in [0.15, 0.2) is 5.76 Å². The Morgan fingerprint density at radius 3 is 2.54 bits per heavy atom. The molecule has 2 amide bonds. The molecule has 2 atom stereocenters. The predicted octanol–water partition coefficient (Wildman–Crippen LogP) is 0.657. The highest BCUT2D eigenvalue weighted by Crippen LogP contribution is 2.14. The van der Waals surface area contributed by atoms with Crippen molar-refractivity contribution in [2.24, 2.45) is 11.7 Å². The standard InChI is InChI=1S/C17H28N4O3/c1-4-12(2)15(16(18)22)19-17(23)14-6-5-13(24-14)11-21-9-7-20(3)8-10-21/h5-6,12,15H,4,7-11H2,1-3H3,(H2,18,22)(H,19,23)/t12-,15-/m0/s1. The second kappa shape index (κ2) is 8.30.